The molecule has 0 bridgehead atoms. The third-order valence-corrected chi connectivity index (χ3v) is 9.89. The molecule has 0 unspecified atom stereocenters. The van der Waals surface area contributed by atoms with Crippen LogP contribution in [-0.2, 0) is 33.9 Å². The Morgan fingerprint density at radius 3 is 2.12 bits per heavy atom. The van der Waals surface area contributed by atoms with E-state index in [0.29, 0.717) is 0 Å². The number of carbonyl (C=O) groups is 2. The Morgan fingerprint density at radius 1 is 1.18 bits per heavy atom. The van der Waals surface area contributed by atoms with E-state index in [0.717, 1.165) is 35.0 Å². The first-order chi connectivity index (χ1) is 7.93. The van der Waals surface area contributed by atoms with Crippen molar-refractivity contribution in [1.82, 2.24) is 0 Å². The van der Waals surface area contributed by atoms with Gasteiger partial charge in [-0.1, -0.05) is 11.8 Å². The van der Waals surface area contributed by atoms with Crippen molar-refractivity contribution >= 4 is 62.4 Å². The van der Waals surface area contributed by atoms with Crippen molar-refractivity contribution in [3.05, 3.63) is 0 Å². The van der Waals surface area contributed by atoms with E-state index in [1.807, 2.05) is 0 Å². The largest absolute Gasteiger partial charge is 0.481 e. The molecule has 0 rings (SSSR count). The molecule has 100 valence electrons. The first kappa shape index (κ1) is 17.6. The van der Waals surface area contributed by atoms with Crippen LogP contribution in [0.1, 0.15) is 12.8 Å². The third-order valence-electron chi connectivity index (χ3n) is 1.10. The second-order valence-corrected chi connectivity index (χ2v) is 16.6. The minimum Gasteiger partial charge on any atom is -0.481 e. The maximum Gasteiger partial charge on any atom is 0.318 e. The van der Waals surface area contributed by atoms with Gasteiger partial charge >= 0.3 is 11.9 Å². The summed E-state index contributed by atoms with van der Waals surface area (Å²) in [5.74, 6) is -1.68. The normalized spacial score (nSPS) is 11.2. The Kier molecular flexibility index (Phi) is 9.80. The topological polar surface area (TPSA) is 82.1 Å². The highest BCUT2D eigenvalue weighted by Gasteiger charge is 2.25. The summed E-state index contributed by atoms with van der Waals surface area (Å²) in [6.45, 7) is 0. The van der Waals surface area contributed by atoms with Gasteiger partial charge in [-0.2, -0.15) is 0 Å². The molecule has 0 radical (unpaired) electrons. The van der Waals surface area contributed by atoms with Gasteiger partial charge in [0.25, 0.3) is 0 Å². The summed E-state index contributed by atoms with van der Waals surface area (Å²) in [6, 6.07) is 0. The van der Waals surface area contributed by atoms with Gasteiger partial charge in [-0.05, 0) is 0 Å². The van der Waals surface area contributed by atoms with Crippen molar-refractivity contribution < 1.29 is 27.2 Å². The van der Waals surface area contributed by atoms with Gasteiger partial charge in [0.05, 0.1) is 50.4 Å². The minimum absolute atomic E-state index is 0.188. The molecule has 0 aliphatic rings. The zero-order valence-electron chi connectivity index (χ0n) is 8.98. The fraction of sp³-hybridized carbons (Fsp3) is 0.667. The van der Waals surface area contributed by atoms with E-state index in [2.05, 4.69) is 0 Å². The van der Waals surface area contributed by atoms with Gasteiger partial charge in [-0.15, -0.1) is 0 Å². The van der Waals surface area contributed by atoms with Crippen LogP contribution in [0.3, 0.4) is 0 Å². The van der Waals surface area contributed by atoms with E-state index in [1.54, 1.807) is 0 Å². The van der Waals surface area contributed by atoms with Crippen LogP contribution in [-0.4, -0.2) is 31.3 Å². The molecule has 0 aromatic carbocycles. The molecule has 0 aliphatic heterocycles. The maximum atomic E-state index is 11.2. The zero-order chi connectivity index (χ0) is 13.3. The molecule has 0 fully saturated rings. The lowest BCUT2D eigenvalue weighted by molar-refractivity contribution is -0.141. The Hall–Kier alpha value is 0.560. The van der Waals surface area contributed by atoms with E-state index in [4.69, 9.17) is 29.5 Å². The highest BCUT2D eigenvalue weighted by atomic mass is 33.5. The highest BCUT2D eigenvalue weighted by Crippen LogP contribution is 2.78. The number of aliphatic carboxylic acids is 1. The predicted octanol–water partition coefficient (Wildman–Crippen LogP) is 2.86. The summed E-state index contributed by atoms with van der Waals surface area (Å²) in [4.78, 5) is 21.4. The lowest BCUT2D eigenvalue weighted by Crippen LogP contribution is -2.03. The molecule has 0 saturated heterocycles. The Balaban J connectivity index is 4.08. The number of carbonyl (C=O) groups excluding carboxylic acids is 1. The lowest BCUT2D eigenvalue weighted by atomic mass is 10.3. The van der Waals surface area contributed by atoms with Crippen molar-refractivity contribution in [3.63, 3.8) is 0 Å². The van der Waals surface area contributed by atoms with Gasteiger partial charge in [-0.25, -0.2) is 0 Å². The van der Waals surface area contributed by atoms with Crippen LogP contribution in [0.15, 0.2) is 0 Å². The SMILES string of the molecule is COSP(=S)(SOC)SOC(=O)CCC(=O)O. The first-order valence-electron chi connectivity index (χ1n) is 4.09. The monoisotopic (exact) mass is 338 g/mol. The molecular formula is C6H11O6PS4. The fourth-order valence-electron chi connectivity index (χ4n) is 0.558. The van der Waals surface area contributed by atoms with Crippen LogP contribution >= 0.6 is 38.6 Å². The number of hydrogen-bond acceptors (Lipinski definition) is 9. The molecule has 17 heavy (non-hydrogen) atoms. The summed E-state index contributed by atoms with van der Waals surface area (Å²) in [5.41, 5.74) is 0. The molecule has 0 atom stereocenters. The summed E-state index contributed by atoms with van der Waals surface area (Å²) < 4.78 is 12.2. The molecule has 11 heteroatoms. The Bertz CT molecular complexity index is 301. The summed E-state index contributed by atoms with van der Waals surface area (Å²) in [6.07, 6.45) is -0.454. The van der Waals surface area contributed by atoms with Crippen LogP contribution < -0.4 is 0 Å². The first-order valence-corrected chi connectivity index (χ1v) is 10.9. The highest BCUT2D eigenvalue weighted by molar-refractivity contribution is 9.21. The molecule has 1 N–H and O–H groups in total. The Labute approximate surface area is 116 Å². The van der Waals surface area contributed by atoms with Crippen LogP contribution in [0.25, 0.3) is 0 Å². The summed E-state index contributed by atoms with van der Waals surface area (Å²) in [7, 11) is 2.91. The molecule has 0 amide bonds. The predicted molar refractivity (Wildman–Crippen MR) is 74.0 cm³/mol. The standard InChI is InChI=1S/C6H11O6PS4/c1-10-15-13(14,16-11-2)17-12-6(9)4-3-5(7)8/h3-4H2,1-2H3,(H,7,8). The van der Waals surface area contributed by atoms with E-state index in [1.165, 1.54) is 14.2 Å². The van der Waals surface area contributed by atoms with Gasteiger partial charge in [0, 0.05) is 0 Å². The average Bonchev–Trinajstić information content (AvgIpc) is 2.24. The van der Waals surface area contributed by atoms with E-state index < -0.39 is 15.6 Å². The molecule has 0 aromatic rings. The van der Waals surface area contributed by atoms with Crippen LogP contribution in [0.4, 0.5) is 0 Å². The minimum atomic E-state index is -2.27. The summed E-state index contributed by atoms with van der Waals surface area (Å²) >= 11 is 8.01. The van der Waals surface area contributed by atoms with E-state index in [-0.39, 0.29) is 12.8 Å². The molecule has 0 saturated carbocycles. The van der Waals surface area contributed by atoms with Crippen molar-refractivity contribution in [2.24, 2.45) is 0 Å². The fourth-order valence-corrected chi connectivity index (χ4v) is 7.88. The molecule has 6 nitrogen and oxygen atoms in total. The van der Waals surface area contributed by atoms with Crippen molar-refractivity contribution in [1.29, 1.82) is 0 Å². The molecular weight excluding hydrogens is 327 g/mol. The average molecular weight is 338 g/mol. The van der Waals surface area contributed by atoms with Crippen molar-refractivity contribution in [2.75, 3.05) is 14.2 Å². The van der Waals surface area contributed by atoms with E-state index in [9.17, 15) is 9.59 Å². The third kappa shape index (κ3) is 9.18. The smallest absolute Gasteiger partial charge is 0.318 e. The van der Waals surface area contributed by atoms with Crippen LogP contribution in [0.5, 0.6) is 0 Å². The lowest BCUT2D eigenvalue weighted by Gasteiger charge is -2.14. The quantitative estimate of drug-likeness (QED) is 0.500. The van der Waals surface area contributed by atoms with Gasteiger partial charge in [0.1, 0.15) is 11.7 Å². The van der Waals surface area contributed by atoms with E-state index >= 15 is 0 Å². The molecule has 0 spiro atoms. The molecule has 0 aromatic heterocycles. The number of rotatable bonds is 9. The second kappa shape index (κ2) is 9.48. The maximum absolute atomic E-state index is 11.2. The number of carboxylic acids is 1. The van der Waals surface area contributed by atoms with Crippen LogP contribution in [0, 0.1) is 0 Å². The van der Waals surface area contributed by atoms with Gasteiger partial charge in [-0.3, -0.25) is 9.59 Å². The molecule has 0 heterocycles. The van der Waals surface area contributed by atoms with Gasteiger partial charge < -0.3 is 17.7 Å². The number of carboxylic acid groups (broad SMARTS) is 1. The van der Waals surface area contributed by atoms with Crippen LogP contribution in [0.2, 0.25) is 0 Å². The molecule has 0 aliphatic carbocycles. The van der Waals surface area contributed by atoms with Crippen molar-refractivity contribution in [3.8, 4) is 0 Å². The Morgan fingerprint density at radius 2 is 1.71 bits per heavy atom. The van der Waals surface area contributed by atoms with Gasteiger partial charge in [0.2, 0.25) is 3.64 Å². The zero-order valence-corrected chi connectivity index (χ0v) is 13.1. The van der Waals surface area contributed by atoms with Gasteiger partial charge in [0.15, 0.2) is 0 Å². The summed E-state index contributed by atoms with van der Waals surface area (Å²) in [5, 5.41) is 8.38. The second-order valence-electron chi connectivity index (χ2n) is 2.35. The number of hydrogen-bond donors (Lipinski definition) is 1. The van der Waals surface area contributed by atoms with Crippen molar-refractivity contribution in [2.45, 2.75) is 12.8 Å².